The maximum Gasteiger partial charge on any atom is 0.251 e. The van der Waals surface area contributed by atoms with E-state index in [-0.39, 0.29) is 5.91 Å². The summed E-state index contributed by atoms with van der Waals surface area (Å²) >= 11 is 0. The molecule has 3 aromatic rings. The smallest absolute Gasteiger partial charge is 0.251 e. The van der Waals surface area contributed by atoms with Gasteiger partial charge in [0.2, 0.25) is 0 Å². The molecule has 3 aromatic carbocycles. The van der Waals surface area contributed by atoms with Crippen molar-refractivity contribution < 1.29 is 14.3 Å². The summed E-state index contributed by atoms with van der Waals surface area (Å²) in [5.41, 5.74) is 5.63. The Morgan fingerprint density at radius 1 is 0.914 bits per heavy atom. The van der Waals surface area contributed by atoms with Crippen molar-refractivity contribution in [3.63, 3.8) is 0 Å². The van der Waals surface area contributed by atoms with Crippen molar-refractivity contribution in [2.24, 2.45) is 0 Å². The third-order valence-electron chi connectivity index (χ3n) is 6.42. The van der Waals surface area contributed by atoms with E-state index in [9.17, 15) is 4.79 Å². The molecule has 1 heterocycles. The number of aryl methyl sites for hydroxylation is 2. The molecule has 6 nitrogen and oxygen atoms in total. The van der Waals surface area contributed by atoms with Crippen LogP contribution in [0.3, 0.4) is 0 Å². The molecule has 0 atom stereocenters. The zero-order valence-corrected chi connectivity index (χ0v) is 20.9. The van der Waals surface area contributed by atoms with E-state index < -0.39 is 0 Å². The standard InChI is InChI=1S/C29H35N3O3/c1-22-8-11-25(12-9-22)29(33)30-14-19-35-28-20-24(10-13-27(28)34-3)21-31-15-17-32(18-16-31)26-7-5-4-6-23(26)2/h4-13,20H,14-19,21H2,1-3H3,(H,30,33). The second kappa shape index (κ2) is 11.8. The first kappa shape index (κ1) is 24.6. The Kier molecular flexibility index (Phi) is 8.27. The van der Waals surface area contributed by atoms with E-state index in [0.717, 1.165) is 38.3 Å². The molecule has 0 spiro atoms. The number of rotatable bonds is 9. The molecule has 0 saturated carbocycles. The number of piperazine rings is 1. The van der Waals surface area contributed by atoms with Gasteiger partial charge in [0, 0.05) is 44.0 Å². The van der Waals surface area contributed by atoms with Crippen molar-refractivity contribution in [3.05, 3.63) is 89.0 Å². The lowest BCUT2D eigenvalue weighted by atomic mass is 10.1. The van der Waals surface area contributed by atoms with E-state index in [1.165, 1.54) is 16.8 Å². The maximum absolute atomic E-state index is 12.3. The Morgan fingerprint density at radius 2 is 1.66 bits per heavy atom. The third kappa shape index (κ3) is 6.55. The Labute approximate surface area is 208 Å². The van der Waals surface area contributed by atoms with E-state index >= 15 is 0 Å². The first-order valence-electron chi connectivity index (χ1n) is 12.2. The molecule has 1 saturated heterocycles. The quantitative estimate of drug-likeness (QED) is 0.466. The average molecular weight is 474 g/mol. The highest BCUT2D eigenvalue weighted by molar-refractivity contribution is 5.94. The zero-order valence-electron chi connectivity index (χ0n) is 20.9. The van der Waals surface area contributed by atoms with Crippen molar-refractivity contribution >= 4 is 11.6 Å². The lowest BCUT2D eigenvalue weighted by Gasteiger charge is -2.36. The van der Waals surface area contributed by atoms with Gasteiger partial charge < -0.3 is 19.7 Å². The highest BCUT2D eigenvalue weighted by Gasteiger charge is 2.19. The fourth-order valence-corrected chi connectivity index (χ4v) is 4.39. The van der Waals surface area contributed by atoms with Crippen LogP contribution in [0, 0.1) is 13.8 Å². The maximum atomic E-state index is 12.3. The Bertz CT molecular complexity index is 1120. The number of hydrogen-bond donors (Lipinski definition) is 1. The van der Waals surface area contributed by atoms with Crippen LogP contribution in [-0.2, 0) is 6.54 Å². The summed E-state index contributed by atoms with van der Waals surface area (Å²) in [7, 11) is 1.64. The average Bonchev–Trinajstić information content (AvgIpc) is 2.88. The summed E-state index contributed by atoms with van der Waals surface area (Å²) in [5.74, 6) is 1.30. The van der Waals surface area contributed by atoms with Crippen LogP contribution in [0.1, 0.15) is 27.0 Å². The third-order valence-corrected chi connectivity index (χ3v) is 6.42. The largest absolute Gasteiger partial charge is 0.493 e. The van der Waals surface area contributed by atoms with Gasteiger partial charge >= 0.3 is 0 Å². The molecule has 1 fully saturated rings. The summed E-state index contributed by atoms with van der Waals surface area (Å²) in [5, 5.41) is 2.91. The molecule has 0 aromatic heterocycles. The monoisotopic (exact) mass is 473 g/mol. The van der Waals surface area contributed by atoms with E-state index in [2.05, 4.69) is 52.4 Å². The Morgan fingerprint density at radius 3 is 2.37 bits per heavy atom. The van der Waals surface area contributed by atoms with Crippen LogP contribution in [-0.4, -0.2) is 57.2 Å². The van der Waals surface area contributed by atoms with Gasteiger partial charge in [-0.05, 0) is 55.3 Å². The molecule has 4 rings (SSSR count). The van der Waals surface area contributed by atoms with Crippen LogP contribution in [0.2, 0.25) is 0 Å². The fourth-order valence-electron chi connectivity index (χ4n) is 4.39. The van der Waals surface area contributed by atoms with Gasteiger partial charge in [0.05, 0.1) is 13.7 Å². The zero-order chi connectivity index (χ0) is 24.6. The number of anilines is 1. The number of carbonyl (C=O) groups is 1. The predicted octanol–water partition coefficient (Wildman–Crippen LogP) is 4.44. The number of ether oxygens (including phenoxy) is 2. The number of carbonyl (C=O) groups excluding carboxylic acids is 1. The summed E-state index contributed by atoms with van der Waals surface area (Å²) < 4.78 is 11.5. The van der Waals surface area contributed by atoms with Gasteiger partial charge in [-0.15, -0.1) is 0 Å². The van der Waals surface area contributed by atoms with Gasteiger partial charge in [-0.3, -0.25) is 9.69 Å². The van der Waals surface area contributed by atoms with Crippen LogP contribution < -0.4 is 19.7 Å². The molecule has 1 amide bonds. The van der Waals surface area contributed by atoms with Crippen LogP contribution >= 0.6 is 0 Å². The topological polar surface area (TPSA) is 54.0 Å². The van der Waals surface area contributed by atoms with E-state index in [0.29, 0.717) is 30.2 Å². The lowest BCUT2D eigenvalue weighted by molar-refractivity contribution is 0.0947. The predicted molar refractivity (Wildman–Crippen MR) is 141 cm³/mol. The second-order valence-electron chi connectivity index (χ2n) is 9.01. The first-order valence-corrected chi connectivity index (χ1v) is 12.2. The van der Waals surface area contributed by atoms with Crippen LogP contribution in [0.25, 0.3) is 0 Å². The normalized spacial score (nSPS) is 14.0. The minimum Gasteiger partial charge on any atom is -0.493 e. The number of nitrogens with one attached hydrogen (secondary N) is 1. The molecule has 0 radical (unpaired) electrons. The molecule has 35 heavy (non-hydrogen) atoms. The van der Waals surface area contributed by atoms with Crippen LogP contribution in [0.4, 0.5) is 5.69 Å². The van der Waals surface area contributed by atoms with Gasteiger partial charge in [-0.2, -0.15) is 0 Å². The number of hydrogen-bond acceptors (Lipinski definition) is 5. The first-order chi connectivity index (χ1) is 17.0. The molecule has 0 unspecified atom stereocenters. The van der Waals surface area contributed by atoms with Crippen molar-refractivity contribution in [2.75, 3.05) is 51.3 Å². The van der Waals surface area contributed by atoms with Crippen molar-refractivity contribution in [3.8, 4) is 11.5 Å². The van der Waals surface area contributed by atoms with Crippen molar-refractivity contribution in [2.45, 2.75) is 20.4 Å². The van der Waals surface area contributed by atoms with Gasteiger partial charge in [-0.25, -0.2) is 0 Å². The summed E-state index contributed by atoms with van der Waals surface area (Å²) in [6, 6.07) is 22.2. The van der Waals surface area contributed by atoms with Crippen LogP contribution in [0.5, 0.6) is 11.5 Å². The Balaban J connectivity index is 1.28. The highest BCUT2D eigenvalue weighted by atomic mass is 16.5. The highest BCUT2D eigenvalue weighted by Crippen LogP contribution is 2.29. The van der Waals surface area contributed by atoms with Gasteiger partial charge in [0.25, 0.3) is 5.91 Å². The van der Waals surface area contributed by atoms with E-state index in [1.807, 2.05) is 43.3 Å². The number of para-hydroxylation sites is 1. The van der Waals surface area contributed by atoms with Gasteiger partial charge in [-0.1, -0.05) is 42.0 Å². The SMILES string of the molecule is COc1ccc(CN2CCN(c3ccccc3C)CC2)cc1OCCNC(=O)c1ccc(C)cc1. The number of benzene rings is 3. The Hall–Kier alpha value is -3.51. The van der Waals surface area contributed by atoms with E-state index in [4.69, 9.17) is 9.47 Å². The van der Waals surface area contributed by atoms with Gasteiger partial charge in [0.1, 0.15) is 6.61 Å². The molecule has 0 aliphatic carbocycles. The van der Waals surface area contributed by atoms with Crippen molar-refractivity contribution in [1.29, 1.82) is 0 Å². The molecule has 1 aliphatic rings. The summed E-state index contributed by atoms with van der Waals surface area (Å²) in [6.07, 6.45) is 0. The molecule has 184 valence electrons. The molecule has 1 aliphatic heterocycles. The van der Waals surface area contributed by atoms with Crippen molar-refractivity contribution in [1.82, 2.24) is 10.2 Å². The summed E-state index contributed by atoms with van der Waals surface area (Å²) in [6.45, 7) is 9.90. The number of methoxy groups -OCH3 is 1. The minimum absolute atomic E-state index is 0.0980. The lowest BCUT2D eigenvalue weighted by Crippen LogP contribution is -2.46. The van der Waals surface area contributed by atoms with E-state index in [1.54, 1.807) is 7.11 Å². The minimum atomic E-state index is -0.0980. The fraction of sp³-hybridized carbons (Fsp3) is 0.345. The summed E-state index contributed by atoms with van der Waals surface area (Å²) in [4.78, 5) is 17.2. The number of amides is 1. The van der Waals surface area contributed by atoms with Gasteiger partial charge in [0.15, 0.2) is 11.5 Å². The number of nitrogens with zero attached hydrogens (tertiary/aromatic N) is 2. The molecular weight excluding hydrogens is 438 g/mol. The molecule has 1 N–H and O–H groups in total. The van der Waals surface area contributed by atoms with Crippen LogP contribution in [0.15, 0.2) is 66.7 Å². The molecular formula is C29H35N3O3. The molecule has 6 heteroatoms. The molecule has 0 bridgehead atoms. The second-order valence-corrected chi connectivity index (χ2v) is 9.01.